The maximum absolute atomic E-state index is 13.8. The van der Waals surface area contributed by atoms with Crippen LogP contribution in [0.5, 0.6) is 0 Å². The summed E-state index contributed by atoms with van der Waals surface area (Å²) in [5.41, 5.74) is 0.747. The van der Waals surface area contributed by atoms with Gasteiger partial charge in [0.15, 0.2) is 4.80 Å². The normalized spacial score (nSPS) is 12.0. The molecule has 0 spiro atoms. The number of ether oxygens (including phenoxy) is 1. The van der Waals surface area contributed by atoms with Crippen molar-refractivity contribution in [1.82, 2.24) is 4.57 Å². The monoisotopic (exact) mass is 378 g/mol. The molecule has 1 aromatic heterocycles. The Morgan fingerprint density at radius 1 is 1.28 bits per heavy atom. The molecule has 0 saturated heterocycles. The van der Waals surface area contributed by atoms with Gasteiger partial charge in [-0.3, -0.25) is 4.79 Å². The van der Waals surface area contributed by atoms with Crippen molar-refractivity contribution >= 4 is 39.1 Å². The summed E-state index contributed by atoms with van der Waals surface area (Å²) in [6.07, 6.45) is 0. The molecule has 25 heavy (non-hydrogen) atoms. The highest BCUT2D eigenvalue weighted by Crippen LogP contribution is 2.25. The van der Waals surface area contributed by atoms with Crippen molar-refractivity contribution in [2.24, 2.45) is 4.99 Å². The molecule has 0 unspecified atom stereocenters. The van der Waals surface area contributed by atoms with Gasteiger partial charge in [-0.2, -0.15) is 4.99 Å². The maximum Gasteiger partial charge on any atom is 0.282 e. The molecule has 0 aliphatic carbocycles. The largest absolute Gasteiger partial charge is 0.380 e. The topological polar surface area (TPSA) is 43.6 Å². The third-order valence-corrected chi connectivity index (χ3v) is 4.97. The van der Waals surface area contributed by atoms with Gasteiger partial charge in [-0.1, -0.05) is 41.1 Å². The molecule has 0 N–H and O–H groups in total. The second kappa shape index (κ2) is 7.91. The molecule has 3 rings (SSSR count). The highest BCUT2D eigenvalue weighted by molar-refractivity contribution is 7.16. The van der Waals surface area contributed by atoms with Crippen LogP contribution in [0.25, 0.3) is 10.2 Å². The zero-order valence-electron chi connectivity index (χ0n) is 13.5. The van der Waals surface area contributed by atoms with E-state index in [1.165, 1.54) is 29.5 Å². The van der Waals surface area contributed by atoms with Crippen LogP contribution in [0.2, 0.25) is 5.02 Å². The van der Waals surface area contributed by atoms with E-state index in [0.29, 0.717) is 29.6 Å². The Hall–Kier alpha value is -2.02. The quantitative estimate of drug-likeness (QED) is 0.622. The predicted molar refractivity (Wildman–Crippen MR) is 97.6 cm³/mol. The highest BCUT2D eigenvalue weighted by atomic mass is 35.5. The SMILES string of the molecule is CCOCCn1c(=NC(=O)c2ccccc2F)sc2cccc(Cl)c21. The summed E-state index contributed by atoms with van der Waals surface area (Å²) in [5, 5.41) is 0.574. The van der Waals surface area contributed by atoms with Crippen molar-refractivity contribution in [1.29, 1.82) is 0 Å². The van der Waals surface area contributed by atoms with Crippen molar-refractivity contribution < 1.29 is 13.9 Å². The van der Waals surface area contributed by atoms with Gasteiger partial charge in [0, 0.05) is 13.2 Å². The number of hydrogen-bond donors (Lipinski definition) is 0. The van der Waals surface area contributed by atoms with Crippen LogP contribution in [0.15, 0.2) is 47.5 Å². The van der Waals surface area contributed by atoms with Crippen LogP contribution in [-0.2, 0) is 11.3 Å². The van der Waals surface area contributed by atoms with Crippen LogP contribution < -0.4 is 4.80 Å². The molecule has 0 atom stereocenters. The number of nitrogens with zero attached hydrogens (tertiary/aromatic N) is 2. The molecule has 0 aliphatic rings. The number of benzene rings is 2. The molecule has 0 aliphatic heterocycles. The van der Waals surface area contributed by atoms with Crippen molar-refractivity contribution in [3.8, 4) is 0 Å². The molecule has 3 aromatic rings. The van der Waals surface area contributed by atoms with E-state index in [1.807, 2.05) is 23.6 Å². The Labute approximate surface area is 153 Å². The zero-order valence-corrected chi connectivity index (χ0v) is 15.1. The third kappa shape index (κ3) is 3.81. The molecular weight excluding hydrogens is 363 g/mol. The number of fused-ring (bicyclic) bond motifs is 1. The Morgan fingerprint density at radius 2 is 2.08 bits per heavy atom. The average molecular weight is 379 g/mol. The van der Waals surface area contributed by atoms with Crippen molar-refractivity contribution in [2.75, 3.05) is 13.2 Å². The van der Waals surface area contributed by atoms with Crippen molar-refractivity contribution in [3.63, 3.8) is 0 Å². The van der Waals surface area contributed by atoms with Gasteiger partial charge >= 0.3 is 0 Å². The van der Waals surface area contributed by atoms with Gasteiger partial charge in [0.25, 0.3) is 5.91 Å². The van der Waals surface area contributed by atoms with Crippen LogP contribution in [-0.4, -0.2) is 23.7 Å². The standard InChI is InChI=1S/C18H16ClFN2O2S/c1-2-24-11-10-22-16-13(19)7-5-9-15(16)25-18(22)21-17(23)12-6-3-4-8-14(12)20/h3-9H,2,10-11H2,1H3. The molecule has 1 amide bonds. The second-order valence-electron chi connectivity index (χ2n) is 5.22. The fraction of sp³-hybridized carbons (Fsp3) is 0.222. The van der Waals surface area contributed by atoms with Crippen LogP contribution in [0.3, 0.4) is 0 Å². The summed E-state index contributed by atoms with van der Waals surface area (Å²) < 4.78 is 22.0. The van der Waals surface area contributed by atoms with E-state index in [4.69, 9.17) is 16.3 Å². The lowest BCUT2D eigenvalue weighted by atomic mass is 10.2. The predicted octanol–water partition coefficient (Wildman–Crippen LogP) is 4.27. The summed E-state index contributed by atoms with van der Waals surface area (Å²) in [5.74, 6) is -1.21. The molecule has 0 fully saturated rings. The van der Waals surface area contributed by atoms with Gasteiger partial charge < -0.3 is 9.30 Å². The van der Waals surface area contributed by atoms with Gasteiger partial charge in [0.05, 0.1) is 27.4 Å². The van der Waals surface area contributed by atoms with Gasteiger partial charge in [0.1, 0.15) is 5.82 Å². The Kier molecular flexibility index (Phi) is 5.63. The molecule has 7 heteroatoms. The summed E-state index contributed by atoms with van der Waals surface area (Å²) in [6, 6.07) is 11.4. The van der Waals surface area contributed by atoms with E-state index in [0.717, 1.165) is 10.2 Å². The lowest BCUT2D eigenvalue weighted by Crippen LogP contribution is -2.20. The van der Waals surface area contributed by atoms with E-state index < -0.39 is 11.7 Å². The first-order valence-corrected chi connectivity index (χ1v) is 9.00. The molecule has 2 aromatic carbocycles. The lowest BCUT2D eigenvalue weighted by molar-refractivity contribution is 0.0993. The fourth-order valence-electron chi connectivity index (χ4n) is 2.46. The number of carbonyl (C=O) groups is 1. The van der Waals surface area contributed by atoms with Gasteiger partial charge in [0.2, 0.25) is 0 Å². The molecule has 0 radical (unpaired) electrons. The van der Waals surface area contributed by atoms with Gasteiger partial charge in [-0.05, 0) is 31.2 Å². The summed E-state index contributed by atoms with van der Waals surface area (Å²) in [4.78, 5) is 17.0. The smallest absolute Gasteiger partial charge is 0.282 e. The first-order valence-electron chi connectivity index (χ1n) is 7.81. The zero-order chi connectivity index (χ0) is 17.8. The molecule has 0 bridgehead atoms. The average Bonchev–Trinajstić information content (AvgIpc) is 2.94. The van der Waals surface area contributed by atoms with Crippen molar-refractivity contribution in [2.45, 2.75) is 13.5 Å². The number of amides is 1. The molecule has 4 nitrogen and oxygen atoms in total. The first kappa shape index (κ1) is 17.8. The lowest BCUT2D eigenvalue weighted by Gasteiger charge is -2.06. The number of carbonyl (C=O) groups excluding carboxylic acids is 1. The molecule has 0 saturated carbocycles. The van der Waals surface area contributed by atoms with Crippen molar-refractivity contribution in [3.05, 3.63) is 63.7 Å². The maximum atomic E-state index is 13.8. The number of halogens is 2. The van der Waals surface area contributed by atoms with E-state index in [-0.39, 0.29) is 5.56 Å². The van der Waals surface area contributed by atoms with Crippen LogP contribution >= 0.6 is 22.9 Å². The van der Waals surface area contributed by atoms with E-state index in [9.17, 15) is 9.18 Å². The minimum Gasteiger partial charge on any atom is -0.380 e. The minimum atomic E-state index is -0.620. The number of hydrogen-bond acceptors (Lipinski definition) is 3. The number of aromatic nitrogens is 1. The molecule has 1 heterocycles. The molecule has 130 valence electrons. The number of para-hydroxylation sites is 1. The number of rotatable bonds is 5. The second-order valence-corrected chi connectivity index (χ2v) is 6.63. The Balaban J connectivity index is 2.11. The number of thiazole rings is 1. The van der Waals surface area contributed by atoms with Crippen LogP contribution in [0.4, 0.5) is 4.39 Å². The summed E-state index contributed by atoms with van der Waals surface area (Å²) >= 11 is 7.66. The van der Waals surface area contributed by atoms with E-state index in [2.05, 4.69) is 4.99 Å². The Bertz CT molecular complexity index is 981. The minimum absolute atomic E-state index is 0.0533. The summed E-state index contributed by atoms with van der Waals surface area (Å²) in [6.45, 7) is 3.48. The first-order chi connectivity index (χ1) is 12.1. The van der Waals surface area contributed by atoms with E-state index >= 15 is 0 Å². The van der Waals surface area contributed by atoms with Gasteiger partial charge in [-0.25, -0.2) is 4.39 Å². The summed E-state index contributed by atoms with van der Waals surface area (Å²) in [7, 11) is 0. The van der Waals surface area contributed by atoms with Gasteiger partial charge in [-0.15, -0.1) is 0 Å². The van der Waals surface area contributed by atoms with Crippen LogP contribution in [0.1, 0.15) is 17.3 Å². The molecular formula is C18H16ClFN2O2S. The Morgan fingerprint density at radius 3 is 2.84 bits per heavy atom. The third-order valence-electron chi connectivity index (χ3n) is 3.62. The van der Waals surface area contributed by atoms with Crippen LogP contribution in [0, 0.1) is 5.82 Å². The fourth-order valence-corrected chi connectivity index (χ4v) is 3.88. The van der Waals surface area contributed by atoms with E-state index in [1.54, 1.807) is 12.1 Å². The highest BCUT2D eigenvalue weighted by Gasteiger charge is 2.13.